The maximum Gasteiger partial charge on any atom is 0.335 e. The minimum atomic E-state index is -1.56. The third-order valence-corrected chi connectivity index (χ3v) is 4.83. The number of carboxylic acids is 1. The summed E-state index contributed by atoms with van der Waals surface area (Å²) in [7, 11) is -1.56. The molecule has 0 aliphatic heterocycles. The van der Waals surface area contributed by atoms with Gasteiger partial charge in [-0.1, -0.05) is 23.2 Å². The summed E-state index contributed by atoms with van der Waals surface area (Å²) in [5.41, 5.74) is 0.0110. The number of hydrogen-bond acceptors (Lipinski definition) is 2. The van der Waals surface area contributed by atoms with Crippen LogP contribution in [0, 0.1) is 5.82 Å². The molecule has 21 heavy (non-hydrogen) atoms. The average molecular weight is 347 g/mol. The second-order valence-electron chi connectivity index (χ2n) is 4.18. The van der Waals surface area contributed by atoms with Crippen LogP contribution in [0.1, 0.15) is 15.9 Å². The Labute approximate surface area is 132 Å². The average Bonchev–Trinajstić information content (AvgIpc) is 2.43. The Balaban J connectivity index is 2.28. The number of carbonyl (C=O) groups is 1. The Morgan fingerprint density at radius 3 is 2.48 bits per heavy atom. The second-order valence-corrected chi connectivity index (χ2v) is 6.44. The quantitative estimate of drug-likeness (QED) is 0.904. The minimum Gasteiger partial charge on any atom is -0.478 e. The van der Waals surface area contributed by atoms with Gasteiger partial charge < -0.3 is 5.11 Å². The van der Waals surface area contributed by atoms with Crippen LogP contribution in [-0.4, -0.2) is 15.3 Å². The normalized spacial score (nSPS) is 12.1. The number of halogens is 3. The molecule has 3 nitrogen and oxygen atoms in total. The Morgan fingerprint density at radius 2 is 1.86 bits per heavy atom. The zero-order chi connectivity index (χ0) is 15.6. The summed E-state index contributed by atoms with van der Waals surface area (Å²) < 4.78 is 25.9. The summed E-state index contributed by atoms with van der Waals surface area (Å²) in [5, 5.41) is 9.47. The van der Waals surface area contributed by atoms with Gasteiger partial charge in [0.25, 0.3) is 0 Å². The molecule has 2 rings (SSSR count). The highest BCUT2D eigenvalue weighted by atomic mass is 35.5. The van der Waals surface area contributed by atoms with Gasteiger partial charge in [-0.05, 0) is 36.4 Å². The van der Waals surface area contributed by atoms with Crippen molar-refractivity contribution in [2.24, 2.45) is 0 Å². The van der Waals surface area contributed by atoms with E-state index in [0.717, 1.165) is 12.1 Å². The van der Waals surface area contributed by atoms with Crippen LogP contribution in [-0.2, 0) is 16.6 Å². The van der Waals surface area contributed by atoms with Gasteiger partial charge in [-0.3, -0.25) is 4.21 Å². The number of carboxylic acid groups (broad SMARTS) is 1. The molecule has 2 aromatic carbocycles. The highest BCUT2D eigenvalue weighted by molar-refractivity contribution is 7.84. The fourth-order valence-electron chi connectivity index (χ4n) is 1.66. The van der Waals surface area contributed by atoms with Gasteiger partial charge >= 0.3 is 5.97 Å². The monoisotopic (exact) mass is 346 g/mol. The number of benzene rings is 2. The van der Waals surface area contributed by atoms with Crippen molar-refractivity contribution in [3.8, 4) is 0 Å². The summed E-state index contributed by atoms with van der Waals surface area (Å²) >= 11 is 11.6. The van der Waals surface area contributed by atoms with Crippen LogP contribution in [0.25, 0.3) is 0 Å². The van der Waals surface area contributed by atoms with Gasteiger partial charge in [-0.2, -0.15) is 0 Å². The molecule has 2 aromatic rings. The number of hydrogen-bond donors (Lipinski definition) is 1. The van der Waals surface area contributed by atoms with Gasteiger partial charge in [0.2, 0.25) is 0 Å². The fourth-order valence-corrected chi connectivity index (χ4v) is 3.16. The second kappa shape index (κ2) is 6.56. The predicted octanol–water partition coefficient (Wildman–Crippen LogP) is 4.14. The lowest BCUT2D eigenvalue weighted by molar-refractivity contribution is 0.0696. The van der Waals surface area contributed by atoms with Crippen molar-refractivity contribution >= 4 is 40.0 Å². The van der Waals surface area contributed by atoms with E-state index in [1.54, 1.807) is 0 Å². The molecule has 1 atom stereocenters. The molecule has 0 radical (unpaired) electrons. The van der Waals surface area contributed by atoms with Crippen LogP contribution in [0.4, 0.5) is 4.39 Å². The fraction of sp³-hybridized carbons (Fsp3) is 0.0714. The predicted molar refractivity (Wildman–Crippen MR) is 79.9 cm³/mol. The molecule has 0 amide bonds. The molecule has 0 aliphatic rings. The minimum absolute atomic E-state index is 0.0578. The van der Waals surface area contributed by atoms with Crippen LogP contribution in [0.3, 0.4) is 0 Å². The van der Waals surface area contributed by atoms with Gasteiger partial charge in [0.15, 0.2) is 0 Å². The van der Waals surface area contributed by atoms with Crippen molar-refractivity contribution in [2.75, 3.05) is 0 Å². The Morgan fingerprint density at radius 1 is 1.14 bits per heavy atom. The molecular formula is C14H9Cl2FO3S. The van der Waals surface area contributed by atoms with Gasteiger partial charge in [-0.25, -0.2) is 9.18 Å². The van der Waals surface area contributed by atoms with Crippen molar-refractivity contribution in [1.82, 2.24) is 0 Å². The maximum atomic E-state index is 13.7. The van der Waals surface area contributed by atoms with Crippen molar-refractivity contribution in [2.45, 2.75) is 10.6 Å². The summed E-state index contributed by atoms with van der Waals surface area (Å²) in [6.45, 7) is 0. The lowest BCUT2D eigenvalue weighted by Gasteiger charge is -2.06. The summed E-state index contributed by atoms with van der Waals surface area (Å²) in [6.07, 6.45) is 0. The highest BCUT2D eigenvalue weighted by Crippen LogP contribution is 2.25. The zero-order valence-corrected chi connectivity index (χ0v) is 12.8. The van der Waals surface area contributed by atoms with Crippen LogP contribution in [0.2, 0.25) is 10.0 Å². The largest absolute Gasteiger partial charge is 0.478 e. The first kappa shape index (κ1) is 15.9. The van der Waals surface area contributed by atoms with Crippen molar-refractivity contribution < 1.29 is 18.5 Å². The molecular weight excluding hydrogens is 338 g/mol. The van der Waals surface area contributed by atoms with Crippen LogP contribution in [0.5, 0.6) is 0 Å². The third-order valence-electron chi connectivity index (χ3n) is 2.73. The van der Waals surface area contributed by atoms with E-state index in [1.165, 1.54) is 24.3 Å². The topological polar surface area (TPSA) is 54.4 Å². The van der Waals surface area contributed by atoms with Gasteiger partial charge in [-0.15, -0.1) is 0 Å². The van der Waals surface area contributed by atoms with Crippen LogP contribution >= 0.6 is 23.2 Å². The van der Waals surface area contributed by atoms with E-state index in [2.05, 4.69) is 0 Å². The molecule has 0 fully saturated rings. The Hall–Kier alpha value is -1.43. The highest BCUT2D eigenvalue weighted by Gasteiger charge is 2.13. The first-order valence-electron chi connectivity index (χ1n) is 5.73. The molecule has 1 N–H and O–H groups in total. The molecule has 0 saturated carbocycles. The lowest BCUT2D eigenvalue weighted by Crippen LogP contribution is -2.03. The standard InChI is InChI=1S/C14H9Cl2FO3S/c15-11-3-2-10(6-12(11)16)21(20)7-9-5-8(14(18)19)1-4-13(9)17/h1-6H,7H2,(H,18,19). The van der Waals surface area contributed by atoms with Gasteiger partial charge in [0.1, 0.15) is 5.82 Å². The molecule has 7 heteroatoms. The van der Waals surface area contributed by atoms with E-state index in [1.807, 2.05) is 0 Å². The SMILES string of the molecule is O=C(O)c1ccc(F)c(CS(=O)c2ccc(Cl)c(Cl)c2)c1. The number of aromatic carboxylic acids is 1. The van der Waals surface area contributed by atoms with E-state index in [4.69, 9.17) is 28.3 Å². The third kappa shape index (κ3) is 3.81. The number of rotatable bonds is 4. The van der Waals surface area contributed by atoms with E-state index in [-0.39, 0.29) is 21.9 Å². The molecule has 0 aliphatic carbocycles. The van der Waals surface area contributed by atoms with E-state index < -0.39 is 22.6 Å². The first-order valence-corrected chi connectivity index (χ1v) is 7.81. The molecule has 110 valence electrons. The lowest BCUT2D eigenvalue weighted by atomic mass is 10.1. The van der Waals surface area contributed by atoms with Crippen LogP contribution < -0.4 is 0 Å². The molecule has 0 aromatic heterocycles. The van der Waals surface area contributed by atoms with E-state index >= 15 is 0 Å². The molecule has 0 heterocycles. The van der Waals surface area contributed by atoms with Crippen molar-refractivity contribution in [1.29, 1.82) is 0 Å². The smallest absolute Gasteiger partial charge is 0.335 e. The Kier molecular flexibility index (Phi) is 4.98. The van der Waals surface area contributed by atoms with E-state index in [0.29, 0.717) is 9.92 Å². The van der Waals surface area contributed by atoms with Gasteiger partial charge in [0.05, 0.1) is 32.2 Å². The summed E-state index contributed by atoms with van der Waals surface area (Å²) in [4.78, 5) is 11.3. The van der Waals surface area contributed by atoms with E-state index in [9.17, 15) is 13.4 Å². The molecule has 0 saturated heterocycles. The van der Waals surface area contributed by atoms with Gasteiger partial charge in [0, 0.05) is 10.5 Å². The van der Waals surface area contributed by atoms with Crippen molar-refractivity contribution in [3.63, 3.8) is 0 Å². The Bertz CT molecular complexity index is 734. The maximum absolute atomic E-state index is 13.7. The molecule has 0 spiro atoms. The molecule has 1 unspecified atom stereocenters. The molecule has 0 bridgehead atoms. The van der Waals surface area contributed by atoms with Crippen LogP contribution in [0.15, 0.2) is 41.3 Å². The first-order chi connectivity index (χ1) is 9.88. The summed E-state index contributed by atoms with van der Waals surface area (Å²) in [5.74, 6) is -1.92. The van der Waals surface area contributed by atoms with Crippen molar-refractivity contribution in [3.05, 3.63) is 63.4 Å². The zero-order valence-electron chi connectivity index (χ0n) is 10.5. The summed E-state index contributed by atoms with van der Waals surface area (Å²) in [6, 6.07) is 7.85.